The molecule has 104 valence electrons. The molecule has 0 aliphatic carbocycles. The van der Waals surface area contributed by atoms with E-state index in [0.29, 0.717) is 0 Å². The van der Waals surface area contributed by atoms with Crippen LogP contribution in [-0.4, -0.2) is 9.55 Å². The second kappa shape index (κ2) is 17.8. The van der Waals surface area contributed by atoms with Gasteiger partial charge in [0.1, 0.15) is 5.82 Å². The summed E-state index contributed by atoms with van der Waals surface area (Å²) in [7, 11) is 0. The van der Waals surface area contributed by atoms with Gasteiger partial charge in [0.25, 0.3) is 0 Å². The van der Waals surface area contributed by atoms with E-state index in [2.05, 4.69) is 18.1 Å². The lowest BCUT2D eigenvalue weighted by Crippen LogP contribution is -1.91. The first-order chi connectivity index (χ1) is 8.79. The summed E-state index contributed by atoms with van der Waals surface area (Å²) in [6.07, 6.45) is 9.03. The average molecular weight is 250 g/mol. The Bertz CT molecular complexity index is 320. The summed E-state index contributed by atoms with van der Waals surface area (Å²) in [5.74, 6) is 0.852. The summed E-state index contributed by atoms with van der Waals surface area (Å²) in [6.45, 7) is 21.3. The zero-order chi connectivity index (χ0) is 15.0. The van der Waals surface area contributed by atoms with E-state index >= 15 is 0 Å². The topological polar surface area (TPSA) is 17.8 Å². The number of aryl methyl sites for hydroxylation is 1. The zero-order valence-corrected chi connectivity index (χ0v) is 13.2. The van der Waals surface area contributed by atoms with E-state index in [9.17, 15) is 0 Å². The molecule has 0 bridgehead atoms. The molecule has 0 aliphatic heterocycles. The van der Waals surface area contributed by atoms with Crippen LogP contribution in [0.1, 0.15) is 53.1 Å². The van der Waals surface area contributed by atoms with Crippen LogP contribution < -0.4 is 0 Å². The van der Waals surface area contributed by atoms with Crippen molar-refractivity contribution in [1.29, 1.82) is 0 Å². The number of hydrogen-bond acceptors (Lipinski definition) is 1. The zero-order valence-electron chi connectivity index (χ0n) is 13.2. The standard InChI is InChI=1S/C10H12N2.3C2H6/c1-4-6-7-12-9(3)8-11-10(12)5-2;3*1-2/h4-8H,1-2H2,3H3;3*1-2H3/b7-6-;;;. The first-order valence-corrected chi connectivity index (χ1v) is 6.75. The van der Waals surface area contributed by atoms with E-state index in [1.54, 1.807) is 12.2 Å². The van der Waals surface area contributed by atoms with Crippen molar-refractivity contribution in [3.05, 3.63) is 43.0 Å². The van der Waals surface area contributed by atoms with Gasteiger partial charge < -0.3 is 4.57 Å². The minimum atomic E-state index is 0.852. The van der Waals surface area contributed by atoms with Gasteiger partial charge in [-0.05, 0) is 19.1 Å². The van der Waals surface area contributed by atoms with E-state index in [1.807, 2.05) is 71.5 Å². The molecule has 0 aliphatic rings. The van der Waals surface area contributed by atoms with Crippen LogP contribution in [0.3, 0.4) is 0 Å². The highest BCUT2D eigenvalue weighted by molar-refractivity contribution is 5.45. The van der Waals surface area contributed by atoms with Crippen molar-refractivity contribution in [2.24, 2.45) is 0 Å². The molecule has 18 heavy (non-hydrogen) atoms. The molecule has 0 atom stereocenters. The number of aromatic nitrogens is 2. The summed E-state index contributed by atoms with van der Waals surface area (Å²) < 4.78 is 1.95. The number of rotatable bonds is 3. The van der Waals surface area contributed by atoms with E-state index in [4.69, 9.17) is 0 Å². The van der Waals surface area contributed by atoms with Crippen molar-refractivity contribution < 1.29 is 0 Å². The maximum atomic E-state index is 4.15. The molecule has 0 spiro atoms. The van der Waals surface area contributed by atoms with Crippen LogP contribution in [-0.2, 0) is 0 Å². The number of imidazole rings is 1. The van der Waals surface area contributed by atoms with Crippen molar-refractivity contribution in [1.82, 2.24) is 9.55 Å². The molecule has 0 fully saturated rings. The Hall–Kier alpha value is -1.57. The SMILES string of the molecule is C=C/C=C\n1c(C)cnc1C=C.CC.CC.CC. The van der Waals surface area contributed by atoms with Crippen molar-refractivity contribution in [3.8, 4) is 0 Å². The first kappa shape index (κ1) is 21.7. The van der Waals surface area contributed by atoms with Crippen LogP contribution in [0.2, 0.25) is 0 Å². The van der Waals surface area contributed by atoms with Gasteiger partial charge in [-0.1, -0.05) is 60.8 Å². The van der Waals surface area contributed by atoms with Crippen molar-refractivity contribution in [3.63, 3.8) is 0 Å². The van der Waals surface area contributed by atoms with Gasteiger partial charge in [0.05, 0.1) is 0 Å². The molecule has 0 amide bonds. The highest BCUT2D eigenvalue weighted by Crippen LogP contribution is 2.05. The minimum Gasteiger partial charge on any atom is -0.304 e. The largest absolute Gasteiger partial charge is 0.304 e. The fraction of sp³-hybridized carbons (Fsp3) is 0.438. The Morgan fingerprint density at radius 2 is 1.56 bits per heavy atom. The van der Waals surface area contributed by atoms with Crippen LogP contribution in [0, 0.1) is 6.92 Å². The van der Waals surface area contributed by atoms with Gasteiger partial charge in [0.15, 0.2) is 0 Å². The molecule has 0 saturated heterocycles. The molecule has 0 radical (unpaired) electrons. The molecule has 1 rings (SSSR count). The van der Waals surface area contributed by atoms with Crippen LogP contribution in [0.4, 0.5) is 0 Å². The Morgan fingerprint density at radius 1 is 1.06 bits per heavy atom. The van der Waals surface area contributed by atoms with E-state index in [-0.39, 0.29) is 0 Å². The molecule has 0 saturated carbocycles. The van der Waals surface area contributed by atoms with Crippen LogP contribution in [0.25, 0.3) is 12.3 Å². The molecule has 2 heteroatoms. The molecule has 1 aromatic rings. The quantitative estimate of drug-likeness (QED) is 0.641. The Kier molecular flexibility index (Phi) is 21.5. The molecular weight excluding hydrogens is 220 g/mol. The van der Waals surface area contributed by atoms with E-state index in [1.165, 1.54) is 0 Å². The molecule has 1 heterocycles. The lowest BCUT2D eigenvalue weighted by Gasteiger charge is -1.98. The third-order valence-corrected chi connectivity index (χ3v) is 1.56. The monoisotopic (exact) mass is 250 g/mol. The van der Waals surface area contributed by atoms with Gasteiger partial charge in [-0.25, -0.2) is 4.98 Å². The normalized spacial score (nSPS) is 7.94. The summed E-state index contributed by atoms with van der Waals surface area (Å²) in [6, 6.07) is 0. The number of allylic oxidation sites excluding steroid dienone is 2. The third kappa shape index (κ3) is 8.57. The number of hydrogen-bond donors (Lipinski definition) is 0. The summed E-state index contributed by atoms with van der Waals surface area (Å²) in [5, 5.41) is 0. The Balaban J connectivity index is -0.000000328. The molecule has 0 unspecified atom stereocenters. The lowest BCUT2D eigenvalue weighted by molar-refractivity contribution is 1.05. The Labute approximate surface area is 114 Å². The van der Waals surface area contributed by atoms with Crippen molar-refractivity contribution >= 4 is 12.3 Å². The molecule has 0 aromatic carbocycles. The highest BCUT2D eigenvalue weighted by atomic mass is 15.1. The predicted octanol–water partition coefficient (Wildman–Crippen LogP) is 5.57. The lowest BCUT2D eigenvalue weighted by atomic mass is 10.5. The number of nitrogens with zero attached hydrogens (tertiary/aromatic N) is 2. The van der Waals surface area contributed by atoms with Gasteiger partial charge >= 0.3 is 0 Å². The average Bonchev–Trinajstić information content (AvgIpc) is 2.83. The Morgan fingerprint density at radius 3 is 1.94 bits per heavy atom. The summed E-state index contributed by atoms with van der Waals surface area (Å²) in [4.78, 5) is 4.15. The maximum absolute atomic E-state index is 4.15. The molecule has 1 aromatic heterocycles. The highest BCUT2D eigenvalue weighted by Gasteiger charge is 1.98. The van der Waals surface area contributed by atoms with Gasteiger partial charge in [0.2, 0.25) is 0 Å². The van der Waals surface area contributed by atoms with Gasteiger partial charge in [-0.3, -0.25) is 0 Å². The van der Waals surface area contributed by atoms with E-state index < -0.39 is 0 Å². The van der Waals surface area contributed by atoms with Crippen molar-refractivity contribution in [2.75, 3.05) is 0 Å². The van der Waals surface area contributed by atoms with E-state index in [0.717, 1.165) is 11.5 Å². The molecule has 0 N–H and O–H groups in total. The van der Waals surface area contributed by atoms with Gasteiger partial charge in [-0.15, -0.1) is 0 Å². The predicted molar refractivity (Wildman–Crippen MR) is 86.6 cm³/mol. The molecule has 2 nitrogen and oxygen atoms in total. The fourth-order valence-corrected chi connectivity index (χ4v) is 0.957. The maximum Gasteiger partial charge on any atom is 0.136 e. The first-order valence-electron chi connectivity index (χ1n) is 6.75. The molecular formula is C16H30N2. The van der Waals surface area contributed by atoms with Crippen LogP contribution in [0.5, 0.6) is 0 Å². The fourth-order valence-electron chi connectivity index (χ4n) is 0.957. The smallest absolute Gasteiger partial charge is 0.136 e. The van der Waals surface area contributed by atoms with Crippen LogP contribution in [0.15, 0.2) is 31.5 Å². The van der Waals surface area contributed by atoms with Crippen LogP contribution >= 0.6 is 0 Å². The van der Waals surface area contributed by atoms with Crippen molar-refractivity contribution in [2.45, 2.75) is 48.5 Å². The summed E-state index contributed by atoms with van der Waals surface area (Å²) >= 11 is 0. The van der Waals surface area contributed by atoms with Gasteiger partial charge in [0, 0.05) is 18.1 Å². The van der Waals surface area contributed by atoms with Gasteiger partial charge in [-0.2, -0.15) is 0 Å². The second-order valence-electron chi connectivity index (χ2n) is 2.41. The summed E-state index contributed by atoms with van der Waals surface area (Å²) in [5.41, 5.74) is 1.09. The third-order valence-electron chi connectivity index (χ3n) is 1.56. The minimum absolute atomic E-state index is 0.852. The second-order valence-corrected chi connectivity index (χ2v) is 2.41.